The highest BCUT2D eigenvalue weighted by Gasteiger charge is 2.57. The lowest BCUT2D eigenvalue weighted by atomic mass is 10.0. The van der Waals surface area contributed by atoms with Gasteiger partial charge >= 0.3 is 6.18 Å². The number of nitrogens with one attached hydrogen (secondary N) is 2. The zero-order valence-corrected chi connectivity index (χ0v) is 14.8. The maximum atomic E-state index is 13.5. The van der Waals surface area contributed by atoms with Gasteiger partial charge in [-0.25, -0.2) is 4.98 Å². The first-order chi connectivity index (χ1) is 12.1. The number of nitrogens with zero attached hydrogens (tertiary/aromatic N) is 2. The molecule has 0 bridgehead atoms. The number of halogens is 3. The summed E-state index contributed by atoms with van der Waals surface area (Å²) < 4.78 is 41.9. The van der Waals surface area contributed by atoms with E-state index in [0.29, 0.717) is 17.4 Å². The SMILES string of the molecule is Cc1cccn2c(C(C)(C)NC(=O)C3[C@H]4CNC[C@@H]34)nc(C(F)(F)F)c12. The number of amides is 1. The summed E-state index contributed by atoms with van der Waals surface area (Å²) in [5.74, 6) is 0.711. The van der Waals surface area contributed by atoms with Crippen molar-refractivity contribution in [3.8, 4) is 0 Å². The number of piperidine rings is 1. The third kappa shape index (κ3) is 2.58. The molecule has 0 radical (unpaired) electrons. The van der Waals surface area contributed by atoms with Crippen LogP contribution in [0.25, 0.3) is 5.52 Å². The molecule has 4 rings (SSSR count). The van der Waals surface area contributed by atoms with Gasteiger partial charge in [0.1, 0.15) is 5.82 Å². The third-order valence-electron chi connectivity index (χ3n) is 5.52. The largest absolute Gasteiger partial charge is 0.435 e. The van der Waals surface area contributed by atoms with Crippen LogP contribution in [0, 0.1) is 24.7 Å². The van der Waals surface area contributed by atoms with Crippen molar-refractivity contribution in [3.05, 3.63) is 35.4 Å². The second kappa shape index (κ2) is 5.45. The maximum absolute atomic E-state index is 13.5. The lowest BCUT2D eigenvalue weighted by Crippen LogP contribution is -2.44. The summed E-state index contributed by atoms with van der Waals surface area (Å²) in [6, 6.07) is 3.31. The molecule has 2 fully saturated rings. The maximum Gasteiger partial charge on any atom is 0.435 e. The molecule has 3 heterocycles. The molecule has 26 heavy (non-hydrogen) atoms. The summed E-state index contributed by atoms with van der Waals surface area (Å²) in [7, 11) is 0. The van der Waals surface area contributed by atoms with Crippen molar-refractivity contribution in [1.29, 1.82) is 0 Å². The van der Waals surface area contributed by atoms with Crippen molar-refractivity contribution in [3.63, 3.8) is 0 Å². The minimum Gasteiger partial charge on any atom is -0.344 e. The fraction of sp³-hybridized carbons (Fsp3) is 0.556. The van der Waals surface area contributed by atoms with Crippen molar-refractivity contribution in [2.24, 2.45) is 17.8 Å². The van der Waals surface area contributed by atoms with Gasteiger partial charge in [-0.2, -0.15) is 13.2 Å². The number of carbonyl (C=O) groups excluding carboxylic acids is 1. The number of aryl methyl sites for hydroxylation is 1. The van der Waals surface area contributed by atoms with Crippen LogP contribution in [0.3, 0.4) is 0 Å². The van der Waals surface area contributed by atoms with Gasteiger partial charge in [0.2, 0.25) is 5.91 Å². The Kier molecular flexibility index (Phi) is 3.63. The quantitative estimate of drug-likeness (QED) is 0.878. The van der Waals surface area contributed by atoms with Crippen molar-refractivity contribution in [2.75, 3.05) is 13.1 Å². The Bertz CT molecular complexity index is 876. The molecular weight excluding hydrogens is 345 g/mol. The molecule has 1 saturated heterocycles. The number of alkyl halides is 3. The van der Waals surface area contributed by atoms with Gasteiger partial charge in [0.25, 0.3) is 0 Å². The molecule has 5 nitrogen and oxygen atoms in total. The summed E-state index contributed by atoms with van der Waals surface area (Å²) in [6.45, 7) is 6.66. The topological polar surface area (TPSA) is 58.4 Å². The minimum atomic E-state index is -4.56. The van der Waals surface area contributed by atoms with Crippen LogP contribution in [0.5, 0.6) is 0 Å². The summed E-state index contributed by atoms with van der Waals surface area (Å²) in [4.78, 5) is 16.5. The smallest absolute Gasteiger partial charge is 0.344 e. The summed E-state index contributed by atoms with van der Waals surface area (Å²) in [5, 5.41) is 6.15. The Balaban J connectivity index is 1.71. The number of aromatic nitrogens is 2. The number of pyridine rings is 1. The van der Waals surface area contributed by atoms with Gasteiger partial charge in [-0.15, -0.1) is 0 Å². The van der Waals surface area contributed by atoms with Gasteiger partial charge in [-0.1, -0.05) is 6.07 Å². The van der Waals surface area contributed by atoms with Gasteiger partial charge in [0.15, 0.2) is 5.69 Å². The molecule has 3 atom stereocenters. The van der Waals surface area contributed by atoms with Crippen molar-refractivity contribution in [2.45, 2.75) is 32.5 Å². The normalized spacial score (nSPS) is 25.4. The molecule has 2 aromatic heterocycles. The zero-order chi connectivity index (χ0) is 18.9. The highest BCUT2D eigenvalue weighted by atomic mass is 19.4. The highest BCUT2D eigenvalue weighted by Crippen LogP contribution is 2.49. The Morgan fingerprint density at radius 1 is 1.31 bits per heavy atom. The molecule has 2 aliphatic rings. The van der Waals surface area contributed by atoms with E-state index in [4.69, 9.17) is 0 Å². The lowest BCUT2D eigenvalue weighted by molar-refractivity contribution is -0.139. The molecule has 2 N–H and O–H groups in total. The van der Waals surface area contributed by atoms with E-state index in [9.17, 15) is 18.0 Å². The number of hydrogen-bond donors (Lipinski definition) is 2. The second-order valence-corrected chi connectivity index (χ2v) is 7.82. The van der Waals surface area contributed by atoms with E-state index >= 15 is 0 Å². The summed E-state index contributed by atoms with van der Waals surface area (Å²) in [5.41, 5.74) is -1.42. The van der Waals surface area contributed by atoms with Crippen molar-refractivity contribution in [1.82, 2.24) is 20.0 Å². The van der Waals surface area contributed by atoms with Crippen LogP contribution < -0.4 is 10.6 Å². The van der Waals surface area contributed by atoms with E-state index in [2.05, 4.69) is 15.6 Å². The molecule has 1 amide bonds. The molecule has 140 valence electrons. The first kappa shape index (κ1) is 17.3. The molecule has 0 spiro atoms. The van der Waals surface area contributed by atoms with Gasteiger partial charge in [0.05, 0.1) is 11.1 Å². The minimum absolute atomic E-state index is 0.0322. The van der Waals surface area contributed by atoms with E-state index in [1.807, 2.05) is 0 Å². The number of imidazole rings is 1. The molecule has 0 aromatic carbocycles. The van der Waals surface area contributed by atoms with Crippen LogP contribution in [0.2, 0.25) is 0 Å². The Morgan fingerprint density at radius 2 is 1.96 bits per heavy atom. The molecule has 1 saturated carbocycles. The predicted molar refractivity (Wildman–Crippen MR) is 89.4 cm³/mol. The van der Waals surface area contributed by atoms with Crippen LogP contribution in [0.1, 0.15) is 30.9 Å². The van der Waals surface area contributed by atoms with Crippen LogP contribution in [-0.4, -0.2) is 28.4 Å². The third-order valence-corrected chi connectivity index (χ3v) is 5.52. The molecule has 2 aromatic rings. The van der Waals surface area contributed by atoms with Crippen LogP contribution in [-0.2, 0) is 16.5 Å². The first-order valence-corrected chi connectivity index (χ1v) is 8.69. The molecule has 1 aliphatic heterocycles. The number of hydrogen-bond acceptors (Lipinski definition) is 3. The number of rotatable bonds is 3. The number of fused-ring (bicyclic) bond motifs is 2. The second-order valence-electron chi connectivity index (χ2n) is 7.82. The summed E-state index contributed by atoms with van der Waals surface area (Å²) in [6.07, 6.45) is -3.00. The molecule has 8 heteroatoms. The Labute approximate surface area is 149 Å². The van der Waals surface area contributed by atoms with E-state index in [1.54, 1.807) is 39.1 Å². The fourth-order valence-corrected chi connectivity index (χ4v) is 4.20. The molecular formula is C18H21F3N4O. The average Bonchev–Trinajstić information content (AvgIpc) is 2.89. The average molecular weight is 366 g/mol. The van der Waals surface area contributed by atoms with Crippen LogP contribution in [0.4, 0.5) is 13.2 Å². The van der Waals surface area contributed by atoms with Gasteiger partial charge in [-0.3, -0.25) is 4.79 Å². The predicted octanol–water partition coefficient (Wildman–Crippen LogP) is 2.48. The Morgan fingerprint density at radius 3 is 2.58 bits per heavy atom. The van der Waals surface area contributed by atoms with Gasteiger partial charge < -0.3 is 15.0 Å². The fourth-order valence-electron chi connectivity index (χ4n) is 4.20. The summed E-state index contributed by atoms with van der Waals surface area (Å²) >= 11 is 0. The standard InChI is InChI=1S/C18H21F3N4O/c1-9-5-4-6-25-13(9)14(18(19,20)21)23-16(25)17(2,3)24-15(26)12-10-7-22-8-11(10)12/h4-6,10-12,22H,7-8H2,1-3H3,(H,24,26)/t10-,11+,12?. The van der Waals surface area contributed by atoms with Gasteiger partial charge in [-0.05, 0) is 57.3 Å². The van der Waals surface area contributed by atoms with E-state index in [0.717, 1.165) is 13.1 Å². The van der Waals surface area contributed by atoms with E-state index in [1.165, 1.54) is 4.40 Å². The van der Waals surface area contributed by atoms with E-state index in [-0.39, 0.29) is 23.2 Å². The number of carbonyl (C=O) groups is 1. The van der Waals surface area contributed by atoms with E-state index < -0.39 is 17.4 Å². The van der Waals surface area contributed by atoms with Crippen LogP contribution >= 0.6 is 0 Å². The monoisotopic (exact) mass is 366 g/mol. The molecule has 1 aliphatic carbocycles. The van der Waals surface area contributed by atoms with Gasteiger partial charge in [0, 0.05) is 12.1 Å². The first-order valence-electron chi connectivity index (χ1n) is 8.69. The molecule has 1 unspecified atom stereocenters. The lowest BCUT2D eigenvalue weighted by Gasteiger charge is -2.25. The highest BCUT2D eigenvalue weighted by molar-refractivity contribution is 5.83. The zero-order valence-electron chi connectivity index (χ0n) is 14.8. The van der Waals surface area contributed by atoms with Crippen molar-refractivity contribution >= 4 is 11.4 Å². The Hall–Kier alpha value is -2.09. The van der Waals surface area contributed by atoms with Crippen molar-refractivity contribution < 1.29 is 18.0 Å². The van der Waals surface area contributed by atoms with Crippen LogP contribution in [0.15, 0.2) is 18.3 Å².